The first-order chi connectivity index (χ1) is 13.4. The first kappa shape index (κ1) is 19.4. The van der Waals surface area contributed by atoms with Crippen molar-refractivity contribution in [3.63, 3.8) is 0 Å². The van der Waals surface area contributed by atoms with Crippen molar-refractivity contribution in [1.29, 1.82) is 0 Å². The molecule has 0 bridgehead atoms. The highest BCUT2D eigenvalue weighted by atomic mass is 16.5. The lowest BCUT2D eigenvalue weighted by molar-refractivity contribution is 0.0250. The van der Waals surface area contributed by atoms with E-state index >= 15 is 0 Å². The van der Waals surface area contributed by atoms with Gasteiger partial charge >= 0.3 is 5.97 Å². The molecule has 146 valence electrons. The molecule has 2 aromatic carbocycles. The molecule has 0 aromatic heterocycles. The number of methoxy groups -OCH3 is 1. The van der Waals surface area contributed by atoms with Crippen LogP contribution in [0.3, 0.4) is 0 Å². The van der Waals surface area contributed by atoms with Crippen molar-refractivity contribution in [2.45, 2.75) is 19.4 Å². The number of rotatable bonds is 6. The summed E-state index contributed by atoms with van der Waals surface area (Å²) < 4.78 is 10.0. The van der Waals surface area contributed by atoms with Crippen molar-refractivity contribution in [3.05, 3.63) is 53.1 Å². The van der Waals surface area contributed by atoms with Crippen LogP contribution in [0, 0.1) is 0 Å². The lowest BCUT2D eigenvalue weighted by Gasteiger charge is -2.15. The molecule has 2 N–H and O–H groups in total. The standard InChI is InChI=1S/C20H19NO7/c1-3-12(22)10-28-20(26)11-4-6-14-15(8-11)19(25)21(18(14)24)16-7-5-13(27-2)9-17(16)23/h4-9,12,22-23H,3,10H2,1-2H3. The van der Waals surface area contributed by atoms with E-state index < -0.39 is 23.9 Å². The van der Waals surface area contributed by atoms with Gasteiger partial charge in [-0.3, -0.25) is 9.59 Å². The zero-order chi connectivity index (χ0) is 20.4. The van der Waals surface area contributed by atoms with Gasteiger partial charge in [0.1, 0.15) is 18.1 Å². The van der Waals surface area contributed by atoms with Gasteiger partial charge in [-0.15, -0.1) is 0 Å². The van der Waals surface area contributed by atoms with Gasteiger partial charge in [-0.05, 0) is 36.8 Å². The Hall–Kier alpha value is -3.39. The molecule has 28 heavy (non-hydrogen) atoms. The number of benzene rings is 2. The molecule has 0 aliphatic carbocycles. The van der Waals surface area contributed by atoms with Gasteiger partial charge in [0.05, 0.1) is 35.6 Å². The summed E-state index contributed by atoms with van der Waals surface area (Å²) in [7, 11) is 1.43. The van der Waals surface area contributed by atoms with E-state index in [1.807, 2.05) is 0 Å². The Labute approximate surface area is 160 Å². The number of carbonyl (C=O) groups excluding carboxylic acids is 3. The monoisotopic (exact) mass is 385 g/mol. The Morgan fingerprint density at radius 2 is 1.82 bits per heavy atom. The summed E-state index contributed by atoms with van der Waals surface area (Å²) in [5.74, 6) is -1.90. The predicted molar refractivity (Wildman–Crippen MR) is 98.8 cm³/mol. The second-order valence-electron chi connectivity index (χ2n) is 6.22. The summed E-state index contributed by atoms with van der Waals surface area (Å²) in [6.07, 6.45) is -0.333. The van der Waals surface area contributed by atoms with Gasteiger partial charge in [-0.1, -0.05) is 6.92 Å². The minimum atomic E-state index is -0.768. The van der Waals surface area contributed by atoms with Crippen LogP contribution in [-0.2, 0) is 4.74 Å². The number of aromatic hydroxyl groups is 1. The molecule has 1 aliphatic rings. The van der Waals surface area contributed by atoms with Gasteiger partial charge in [-0.25, -0.2) is 9.69 Å². The summed E-state index contributed by atoms with van der Waals surface area (Å²) in [5, 5.41) is 19.7. The number of hydrogen-bond donors (Lipinski definition) is 2. The van der Waals surface area contributed by atoms with Crippen molar-refractivity contribution in [3.8, 4) is 11.5 Å². The molecule has 1 unspecified atom stereocenters. The molecule has 0 fully saturated rings. The maximum atomic E-state index is 12.8. The Bertz CT molecular complexity index is 954. The summed E-state index contributed by atoms with van der Waals surface area (Å²) in [6, 6.07) is 8.22. The van der Waals surface area contributed by atoms with E-state index in [1.165, 1.54) is 43.5 Å². The van der Waals surface area contributed by atoms with E-state index in [1.54, 1.807) is 6.92 Å². The zero-order valence-electron chi connectivity index (χ0n) is 15.3. The third kappa shape index (κ3) is 3.41. The predicted octanol–water partition coefficient (Wildman–Crippen LogP) is 2.13. The SMILES string of the molecule is CCC(O)COC(=O)c1ccc2c(c1)C(=O)N(c1ccc(OC)cc1O)C2=O. The maximum absolute atomic E-state index is 12.8. The normalized spacial score (nSPS) is 14.0. The van der Waals surface area contributed by atoms with Crippen molar-refractivity contribution >= 4 is 23.5 Å². The second-order valence-corrected chi connectivity index (χ2v) is 6.22. The zero-order valence-corrected chi connectivity index (χ0v) is 15.3. The fraction of sp³-hybridized carbons (Fsp3) is 0.250. The number of carbonyl (C=O) groups is 3. The summed E-state index contributed by atoms with van der Waals surface area (Å²) in [5.41, 5.74) is 0.252. The number of anilines is 1. The van der Waals surface area contributed by atoms with Crippen LogP contribution in [0.2, 0.25) is 0 Å². The summed E-state index contributed by atoms with van der Waals surface area (Å²) in [4.78, 5) is 38.4. The fourth-order valence-corrected chi connectivity index (χ4v) is 2.78. The minimum absolute atomic E-state index is 0.0159. The molecule has 8 nitrogen and oxygen atoms in total. The van der Waals surface area contributed by atoms with Crippen LogP contribution in [0.1, 0.15) is 44.4 Å². The average molecular weight is 385 g/mol. The topological polar surface area (TPSA) is 113 Å². The Morgan fingerprint density at radius 1 is 1.11 bits per heavy atom. The molecule has 1 heterocycles. The molecule has 2 amide bonds. The number of aliphatic hydroxyl groups is 1. The number of phenolic OH excluding ortho intramolecular Hbond substituents is 1. The molecule has 1 aliphatic heterocycles. The number of fused-ring (bicyclic) bond motifs is 1. The van der Waals surface area contributed by atoms with E-state index in [2.05, 4.69) is 0 Å². The molecule has 0 spiro atoms. The fourth-order valence-electron chi connectivity index (χ4n) is 2.78. The van der Waals surface area contributed by atoms with Gasteiger partial charge in [-0.2, -0.15) is 0 Å². The first-order valence-corrected chi connectivity index (χ1v) is 8.62. The van der Waals surface area contributed by atoms with Crippen molar-refractivity contribution < 1.29 is 34.1 Å². The van der Waals surface area contributed by atoms with Crippen LogP contribution in [0.15, 0.2) is 36.4 Å². The highest BCUT2D eigenvalue weighted by molar-refractivity contribution is 6.35. The lowest BCUT2D eigenvalue weighted by atomic mass is 10.1. The molecule has 3 rings (SSSR count). The van der Waals surface area contributed by atoms with Gasteiger partial charge in [0.2, 0.25) is 0 Å². The molecule has 2 aromatic rings. The number of esters is 1. The minimum Gasteiger partial charge on any atom is -0.506 e. The van der Waals surface area contributed by atoms with E-state index in [0.717, 1.165) is 4.90 Å². The third-order valence-corrected chi connectivity index (χ3v) is 4.42. The van der Waals surface area contributed by atoms with Crippen LogP contribution in [0.25, 0.3) is 0 Å². The van der Waals surface area contributed by atoms with E-state index in [0.29, 0.717) is 12.2 Å². The lowest BCUT2D eigenvalue weighted by Crippen LogP contribution is -2.29. The summed E-state index contributed by atoms with van der Waals surface area (Å²) >= 11 is 0. The van der Waals surface area contributed by atoms with E-state index in [9.17, 15) is 24.6 Å². The molecular weight excluding hydrogens is 366 g/mol. The number of amides is 2. The van der Waals surface area contributed by atoms with E-state index in [-0.39, 0.29) is 34.7 Å². The van der Waals surface area contributed by atoms with Gasteiger partial charge in [0, 0.05) is 6.07 Å². The number of aliphatic hydroxyl groups excluding tert-OH is 1. The number of hydrogen-bond acceptors (Lipinski definition) is 7. The molecule has 1 atom stereocenters. The molecular formula is C20H19NO7. The summed E-state index contributed by atoms with van der Waals surface area (Å²) in [6.45, 7) is 1.59. The van der Waals surface area contributed by atoms with Crippen LogP contribution in [0.4, 0.5) is 5.69 Å². The number of imide groups is 1. The maximum Gasteiger partial charge on any atom is 0.338 e. The van der Waals surface area contributed by atoms with Crippen molar-refractivity contribution in [1.82, 2.24) is 0 Å². The number of nitrogens with zero attached hydrogens (tertiary/aromatic N) is 1. The Morgan fingerprint density at radius 3 is 2.46 bits per heavy atom. The molecule has 8 heteroatoms. The van der Waals surface area contributed by atoms with Gasteiger partial charge in [0.25, 0.3) is 11.8 Å². The first-order valence-electron chi connectivity index (χ1n) is 8.62. The number of ether oxygens (including phenoxy) is 2. The Balaban J connectivity index is 1.89. The highest BCUT2D eigenvalue weighted by Crippen LogP contribution is 2.36. The van der Waals surface area contributed by atoms with Crippen LogP contribution in [-0.4, -0.2) is 47.8 Å². The third-order valence-electron chi connectivity index (χ3n) is 4.42. The molecule has 0 saturated carbocycles. The van der Waals surface area contributed by atoms with E-state index in [4.69, 9.17) is 9.47 Å². The van der Waals surface area contributed by atoms with Gasteiger partial charge in [0.15, 0.2) is 0 Å². The van der Waals surface area contributed by atoms with Crippen molar-refractivity contribution in [2.24, 2.45) is 0 Å². The van der Waals surface area contributed by atoms with Crippen molar-refractivity contribution in [2.75, 3.05) is 18.6 Å². The highest BCUT2D eigenvalue weighted by Gasteiger charge is 2.38. The van der Waals surface area contributed by atoms with Crippen LogP contribution in [0.5, 0.6) is 11.5 Å². The quantitative estimate of drug-likeness (QED) is 0.578. The van der Waals surface area contributed by atoms with Crippen LogP contribution < -0.4 is 9.64 Å². The smallest absolute Gasteiger partial charge is 0.338 e. The average Bonchev–Trinajstić information content (AvgIpc) is 2.95. The van der Waals surface area contributed by atoms with Gasteiger partial charge < -0.3 is 19.7 Å². The number of phenols is 1. The molecule has 0 saturated heterocycles. The largest absolute Gasteiger partial charge is 0.506 e. The second kappa shape index (κ2) is 7.69. The molecule has 0 radical (unpaired) electrons. The Kier molecular flexibility index (Phi) is 5.32. The van der Waals surface area contributed by atoms with Crippen LogP contribution >= 0.6 is 0 Å².